The van der Waals surface area contributed by atoms with Crippen LogP contribution in [0.5, 0.6) is 0 Å². The molecule has 0 aromatic carbocycles. The Morgan fingerprint density at radius 2 is 1.81 bits per heavy atom. The van der Waals surface area contributed by atoms with Gasteiger partial charge in [-0.3, -0.25) is 4.79 Å². The summed E-state index contributed by atoms with van der Waals surface area (Å²) in [6, 6.07) is 0. The van der Waals surface area contributed by atoms with E-state index in [1.54, 1.807) is 0 Å². The first kappa shape index (κ1) is 15.4. The maximum Gasteiger partial charge on any atom is 0.224 e. The zero-order valence-corrected chi connectivity index (χ0v) is 11.6. The number of carbonyl (C=O) groups is 1. The van der Waals surface area contributed by atoms with Crippen molar-refractivity contribution in [3.8, 4) is 0 Å². The summed E-state index contributed by atoms with van der Waals surface area (Å²) in [4.78, 5) is 10.8. The topological polar surface area (TPSA) is 17.1 Å². The molecule has 1 nitrogen and oxygen atoms in total. The van der Waals surface area contributed by atoms with Crippen molar-refractivity contribution in [2.24, 2.45) is 5.92 Å². The lowest BCUT2D eigenvalue weighted by molar-refractivity contribution is -0.114. The molecule has 0 spiro atoms. The zero-order valence-electron chi connectivity index (χ0n) is 10.8. The van der Waals surface area contributed by atoms with E-state index in [4.69, 9.17) is 11.6 Å². The first-order valence-corrected chi connectivity index (χ1v) is 6.29. The third-order valence-corrected chi connectivity index (χ3v) is 2.94. The van der Waals surface area contributed by atoms with Crippen LogP contribution in [0.1, 0.15) is 53.4 Å². The Labute approximate surface area is 105 Å². The number of halogens is 1. The molecule has 0 unspecified atom stereocenters. The van der Waals surface area contributed by atoms with E-state index in [1.807, 2.05) is 6.92 Å². The Balaban J connectivity index is 3.79. The fraction of sp³-hybridized carbons (Fsp3) is 0.643. The summed E-state index contributed by atoms with van der Waals surface area (Å²) >= 11 is 5.39. The SMILES string of the molecule is CC(C)=CCC/C(C)=C/CC[C@H](C)C(=O)Cl. The zero-order chi connectivity index (χ0) is 12.6. The summed E-state index contributed by atoms with van der Waals surface area (Å²) in [6.45, 7) is 8.26. The molecule has 0 bridgehead atoms. The first-order valence-electron chi connectivity index (χ1n) is 5.91. The average molecular weight is 243 g/mol. The van der Waals surface area contributed by atoms with Crippen molar-refractivity contribution in [2.45, 2.75) is 53.4 Å². The molecule has 0 rings (SSSR count). The highest BCUT2D eigenvalue weighted by atomic mass is 35.5. The minimum absolute atomic E-state index is 0.0245. The lowest BCUT2D eigenvalue weighted by atomic mass is 10.0. The molecular formula is C14H23ClO. The van der Waals surface area contributed by atoms with Crippen molar-refractivity contribution < 1.29 is 4.79 Å². The van der Waals surface area contributed by atoms with Gasteiger partial charge < -0.3 is 0 Å². The van der Waals surface area contributed by atoms with Crippen molar-refractivity contribution in [3.63, 3.8) is 0 Å². The maximum atomic E-state index is 10.8. The van der Waals surface area contributed by atoms with Gasteiger partial charge in [-0.2, -0.15) is 0 Å². The van der Waals surface area contributed by atoms with Crippen LogP contribution in [0.25, 0.3) is 0 Å². The van der Waals surface area contributed by atoms with Crippen LogP contribution in [0, 0.1) is 5.92 Å². The van der Waals surface area contributed by atoms with E-state index in [0.717, 1.165) is 25.7 Å². The molecule has 0 saturated heterocycles. The van der Waals surface area contributed by atoms with Crippen LogP contribution in [0.2, 0.25) is 0 Å². The predicted octanol–water partition coefficient (Wildman–Crippen LogP) is 4.86. The van der Waals surface area contributed by atoms with E-state index in [2.05, 4.69) is 32.9 Å². The standard InChI is InChI=1S/C14H23ClO/c1-11(2)7-5-8-12(3)9-6-10-13(4)14(15)16/h7,9,13H,5-6,8,10H2,1-4H3/b12-9+/t13-/m0/s1. The van der Waals surface area contributed by atoms with Gasteiger partial charge in [0, 0.05) is 5.92 Å². The summed E-state index contributed by atoms with van der Waals surface area (Å²) in [7, 11) is 0. The second kappa shape index (κ2) is 8.58. The van der Waals surface area contributed by atoms with E-state index in [1.165, 1.54) is 11.1 Å². The molecule has 0 saturated carbocycles. The maximum absolute atomic E-state index is 10.8. The van der Waals surface area contributed by atoms with Crippen LogP contribution in [-0.4, -0.2) is 5.24 Å². The average Bonchev–Trinajstić information content (AvgIpc) is 2.16. The molecule has 1 atom stereocenters. The number of hydrogen-bond donors (Lipinski definition) is 0. The number of carbonyl (C=O) groups excluding carboxylic acids is 1. The Bertz CT molecular complexity index is 272. The predicted molar refractivity (Wildman–Crippen MR) is 71.7 cm³/mol. The van der Waals surface area contributed by atoms with Gasteiger partial charge in [-0.05, 0) is 58.1 Å². The van der Waals surface area contributed by atoms with E-state index < -0.39 is 0 Å². The highest BCUT2D eigenvalue weighted by molar-refractivity contribution is 6.63. The van der Waals surface area contributed by atoms with Crippen LogP contribution in [0.3, 0.4) is 0 Å². The van der Waals surface area contributed by atoms with Gasteiger partial charge in [0.05, 0.1) is 0 Å². The van der Waals surface area contributed by atoms with Gasteiger partial charge in [0.15, 0.2) is 0 Å². The molecule has 0 aromatic rings. The molecule has 0 fully saturated rings. The summed E-state index contributed by atoms with van der Waals surface area (Å²) in [5.41, 5.74) is 2.76. The largest absolute Gasteiger partial charge is 0.281 e. The molecule has 0 N–H and O–H groups in total. The Morgan fingerprint density at radius 1 is 1.19 bits per heavy atom. The lowest BCUT2D eigenvalue weighted by Crippen LogP contribution is -2.02. The van der Waals surface area contributed by atoms with Crippen molar-refractivity contribution in [1.82, 2.24) is 0 Å². The second-order valence-electron chi connectivity index (χ2n) is 4.65. The summed E-state index contributed by atoms with van der Waals surface area (Å²) < 4.78 is 0. The minimum Gasteiger partial charge on any atom is -0.281 e. The van der Waals surface area contributed by atoms with Crippen LogP contribution in [-0.2, 0) is 4.79 Å². The van der Waals surface area contributed by atoms with Gasteiger partial charge in [0.2, 0.25) is 5.24 Å². The van der Waals surface area contributed by atoms with Gasteiger partial charge in [-0.25, -0.2) is 0 Å². The molecule has 0 radical (unpaired) electrons. The van der Waals surface area contributed by atoms with E-state index in [0.29, 0.717) is 0 Å². The minimum atomic E-state index is -0.226. The monoisotopic (exact) mass is 242 g/mol. The van der Waals surface area contributed by atoms with Crippen molar-refractivity contribution in [1.29, 1.82) is 0 Å². The second-order valence-corrected chi connectivity index (χ2v) is 5.03. The number of allylic oxidation sites excluding steroid dienone is 4. The Morgan fingerprint density at radius 3 is 2.31 bits per heavy atom. The Hall–Kier alpha value is -0.560. The van der Waals surface area contributed by atoms with E-state index in [-0.39, 0.29) is 11.2 Å². The van der Waals surface area contributed by atoms with Gasteiger partial charge in [-0.15, -0.1) is 0 Å². The first-order chi connectivity index (χ1) is 7.43. The van der Waals surface area contributed by atoms with Crippen LogP contribution >= 0.6 is 11.6 Å². The molecule has 0 heterocycles. The van der Waals surface area contributed by atoms with E-state index >= 15 is 0 Å². The Kier molecular flexibility index (Phi) is 8.28. The van der Waals surface area contributed by atoms with Gasteiger partial charge in [0.1, 0.15) is 0 Å². The third-order valence-electron chi connectivity index (χ3n) is 2.57. The normalized spacial score (nSPS) is 13.4. The molecule has 0 amide bonds. The molecule has 2 heteroatoms. The van der Waals surface area contributed by atoms with Gasteiger partial charge in [0.25, 0.3) is 0 Å². The van der Waals surface area contributed by atoms with Crippen molar-refractivity contribution in [3.05, 3.63) is 23.3 Å². The van der Waals surface area contributed by atoms with Crippen LogP contribution in [0.15, 0.2) is 23.3 Å². The molecule has 92 valence electrons. The molecule has 0 aliphatic carbocycles. The highest BCUT2D eigenvalue weighted by Gasteiger charge is 2.07. The van der Waals surface area contributed by atoms with Crippen molar-refractivity contribution >= 4 is 16.8 Å². The van der Waals surface area contributed by atoms with Crippen molar-refractivity contribution in [2.75, 3.05) is 0 Å². The third kappa shape index (κ3) is 8.72. The fourth-order valence-corrected chi connectivity index (χ4v) is 1.49. The molecule has 0 aliphatic heterocycles. The van der Waals surface area contributed by atoms with E-state index in [9.17, 15) is 4.79 Å². The van der Waals surface area contributed by atoms with Crippen LogP contribution < -0.4 is 0 Å². The summed E-state index contributed by atoms with van der Waals surface area (Å²) in [6.07, 6.45) is 8.48. The molecule has 16 heavy (non-hydrogen) atoms. The smallest absolute Gasteiger partial charge is 0.224 e. The van der Waals surface area contributed by atoms with Crippen LogP contribution in [0.4, 0.5) is 0 Å². The molecule has 0 aliphatic rings. The number of rotatable bonds is 7. The molecular weight excluding hydrogens is 220 g/mol. The van der Waals surface area contributed by atoms with Gasteiger partial charge in [-0.1, -0.05) is 30.2 Å². The summed E-state index contributed by atoms with van der Waals surface area (Å²) in [5, 5.41) is -0.226. The lowest BCUT2D eigenvalue weighted by Gasteiger charge is -2.03. The molecule has 0 aromatic heterocycles. The fourth-order valence-electron chi connectivity index (χ4n) is 1.38. The highest BCUT2D eigenvalue weighted by Crippen LogP contribution is 2.13. The quantitative estimate of drug-likeness (QED) is 0.460. The summed E-state index contributed by atoms with van der Waals surface area (Å²) in [5.74, 6) is -0.0245. The number of hydrogen-bond acceptors (Lipinski definition) is 1. The van der Waals surface area contributed by atoms with Gasteiger partial charge >= 0.3 is 0 Å².